The van der Waals surface area contributed by atoms with E-state index in [2.05, 4.69) is 0 Å². The zero-order valence-corrected chi connectivity index (χ0v) is 17.8. The van der Waals surface area contributed by atoms with Gasteiger partial charge in [-0.05, 0) is 37.5 Å². The number of fused-ring (bicyclic) bond motifs is 1. The number of nitrogens with zero attached hydrogens (tertiary/aromatic N) is 1. The first kappa shape index (κ1) is 21.0. The summed E-state index contributed by atoms with van der Waals surface area (Å²) in [4.78, 5) is 26.3. The second kappa shape index (κ2) is 8.47. The summed E-state index contributed by atoms with van der Waals surface area (Å²) in [7, 11) is 2.84. The van der Waals surface area contributed by atoms with Crippen molar-refractivity contribution in [3.05, 3.63) is 69.0 Å². The Morgan fingerprint density at radius 2 is 2.00 bits per heavy atom. The predicted molar refractivity (Wildman–Crippen MR) is 113 cm³/mol. The maximum absolute atomic E-state index is 13.7. The van der Waals surface area contributed by atoms with E-state index < -0.39 is 11.9 Å². The lowest BCUT2D eigenvalue weighted by atomic mass is 9.83. The van der Waals surface area contributed by atoms with E-state index in [1.807, 2.05) is 6.92 Å². The highest BCUT2D eigenvalue weighted by atomic mass is 16.5. The van der Waals surface area contributed by atoms with Crippen LogP contribution in [0.3, 0.4) is 0 Å². The normalized spacial score (nSPS) is 20.2. The highest BCUT2D eigenvalue weighted by Crippen LogP contribution is 2.41. The van der Waals surface area contributed by atoms with Gasteiger partial charge in [0, 0.05) is 18.4 Å². The molecule has 1 aromatic heterocycles. The first-order chi connectivity index (χ1) is 14.9. The zero-order valence-electron chi connectivity index (χ0n) is 17.8. The van der Waals surface area contributed by atoms with Gasteiger partial charge >= 0.3 is 5.97 Å². The Morgan fingerprint density at radius 1 is 1.26 bits per heavy atom. The largest absolute Gasteiger partial charge is 0.497 e. The number of carbonyl (C=O) groups excluding carboxylic acids is 1. The molecule has 4 rings (SSSR count). The van der Waals surface area contributed by atoms with E-state index in [9.17, 15) is 9.59 Å². The van der Waals surface area contributed by atoms with Crippen molar-refractivity contribution in [3.63, 3.8) is 0 Å². The molecule has 0 aliphatic carbocycles. The van der Waals surface area contributed by atoms with E-state index in [-0.39, 0.29) is 23.1 Å². The van der Waals surface area contributed by atoms with Crippen molar-refractivity contribution in [2.75, 3.05) is 20.8 Å². The molecule has 2 N–H and O–H groups in total. The summed E-state index contributed by atoms with van der Waals surface area (Å²) in [6, 6.07) is 8.93. The van der Waals surface area contributed by atoms with Crippen LogP contribution in [0.1, 0.15) is 35.6 Å². The molecule has 31 heavy (non-hydrogen) atoms. The van der Waals surface area contributed by atoms with E-state index in [4.69, 9.17) is 24.7 Å². The highest BCUT2D eigenvalue weighted by molar-refractivity contribution is 5.92. The van der Waals surface area contributed by atoms with Crippen molar-refractivity contribution < 1.29 is 23.7 Å². The van der Waals surface area contributed by atoms with Crippen LogP contribution < -0.4 is 20.8 Å². The lowest BCUT2D eigenvalue weighted by molar-refractivity contribution is -0.136. The lowest BCUT2D eigenvalue weighted by Gasteiger charge is -2.29. The predicted octanol–water partition coefficient (Wildman–Crippen LogP) is 2.21. The number of methoxy groups -OCH3 is 2. The molecule has 1 fully saturated rings. The maximum atomic E-state index is 13.7. The Labute approximate surface area is 180 Å². The number of hydrogen-bond donors (Lipinski definition) is 1. The molecule has 8 nitrogen and oxygen atoms in total. The molecule has 164 valence electrons. The van der Waals surface area contributed by atoms with Crippen LogP contribution in [0.25, 0.3) is 0 Å². The van der Waals surface area contributed by atoms with Gasteiger partial charge in [0.05, 0.1) is 38.3 Å². The molecule has 2 aliphatic rings. The standard InChI is InChI=1S/C23H26N2O6/c1-13-11-17-19(22(26)25(13)12-16-5-4-10-30-16)18(14-6-8-15(28-2)9-7-14)20(21(24)31-17)23(27)29-3/h6-9,11,16,18H,4-5,10,12,24H2,1-3H3. The fraction of sp³-hybridized carbons (Fsp3) is 0.391. The Kier molecular flexibility index (Phi) is 5.73. The summed E-state index contributed by atoms with van der Waals surface area (Å²) in [5, 5.41) is 0. The molecule has 0 spiro atoms. The quantitative estimate of drug-likeness (QED) is 0.732. The first-order valence-corrected chi connectivity index (χ1v) is 10.2. The summed E-state index contributed by atoms with van der Waals surface area (Å²) < 4.78 is 23.4. The van der Waals surface area contributed by atoms with Crippen LogP contribution in [0.4, 0.5) is 0 Å². The number of pyridine rings is 1. The third kappa shape index (κ3) is 3.79. The maximum Gasteiger partial charge on any atom is 0.340 e. The second-order valence-electron chi connectivity index (χ2n) is 7.69. The number of rotatable bonds is 5. The highest BCUT2D eigenvalue weighted by Gasteiger charge is 2.38. The number of aryl methyl sites for hydroxylation is 1. The minimum Gasteiger partial charge on any atom is -0.497 e. The van der Waals surface area contributed by atoms with Gasteiger partial charge in [0.1, 0.15) is 17.1 Å². The van der Waals surface area contributed by atoms with Crippen LogP contribution in [0.15, 0.2) is 46.6 Å². The Balaban J connectivity index is 1.89. The first-order valence-electron chi connectivity index (χ1n) is 10.2. The van der Waals surface area contributed by atoms with Crippen LogP contribution in [0.2, 0.25) is 0 Å². The molecule has 2 atom stereocenters. The monoisotopic (exact) mass is 426 g/mol. The topological polar surface area (TPSA) is 102 Å². The van der Waals surface area contributed by atoms with Crippen LogP contribution in [0.5, 0.6) is 11.5 Å². The number of carbonyl (C=O) groups is 1. The number of nitrogens with two attached hydrogens (primary N) is 1. The average molecular weight is 426 g/mol. The fourth-order valence-corrected chi connectivity index (χ4v) is 4.24. The number of benzene rings is 1. The molecule has 2 aromatic rings. The Bertz CT molecular complexity index is 1080. The lowest BCUT2D eigenvalue weighted by Crippen LogP contribution is -2.36. The van der Waals surface area contributed by atoms with Gasteiger partial charge in [0.25, 0.3) is 5.56 Å². The summed E-state index contributed by atoms with van der Waals surface area (Å²) in [5.41, 5.74) is 7.79. The van der Waals surface area contributed by atoms with Gasteiger partial charge in [-0.1, -0.05) is 12.1 Å². The molecule has 0 amide bonds. The third-order valence-corrected chi connectivity index (χ3v) is 5.83. The fourth-order valence-electron chi connectivity index (χ4n) is 4.24. The van der Waals surface area contributed by atoms with Crippen molar-refractivity contribution in [1.29, 1.82) is 0 Å². The number of hydrogen-bond acceptors (Lipinski definition) is 7. The van der Waals surface area contributed by atoms with Gasteiger partial charge in [0.15, 0.2) is 0 Å². The smallest absolute Gasteiger partial charge is 0.340 e. The number of aromatic nitrogens is 1. The van der Waals surface area contributed by atoms with Crippen LogP contribution in [-0.2, 0) is 20.8 Å². The van der Waals surface area contributed by atoms with Crippen LogP contribution >= 0.6 is 0 Å². The van der Waals surface area contributed by atoms with Crippen molar-refractivity contribution in [1.82, 2.24) is 4.57 Å². The molecule has 1 aromatic carbocycles. The van der Waals surface area contributed by atoms with E-state index in [0.717, 1.165) is 18.5 Å². The summed E-state index contributed by atoms with van der Waals surface area (Å²) in [6.45, 7) is 2.99. The molecule has 8 heteroatoms. The van der Waals surface area contributed by atoms with Gasteiger partial charge in [-0.3, -0.25) is 4.79 Å². The summed E-state index contributed by atoms with van der Waals surface area (Å²) in [5.74, 6) is -0.444. The average Bonchev–Trinajstić information content (AvgIpc) is 3.28. The second-order valence-corrected chi connectivity index (χ2v) is 7.69. The third-order valence-electron chi connectivity index (χ3n) is 5.83. The van der Waals surface area contributed by atoms with Crippen molar-refractivity contribution >= 4 is 5.97 Å². The molecule has 1 saturated heterocycles. The van der Waals surface area contributed by atoms with E-state index in [1.54, 1.807) is 42.0 Å². The minimum absolute atomic E-state index is 0.0147. The van der Waals surface area contributed by atoms with Gasteiger partial charge in [-0.25, -0.2) is 4.79 Å². The van der Waals surface area contributed by atoms with Crippen LogP contribution in [0, 0.1) is 6.92 Å². The number of ether oxygens (including phenoxy) is 4. The minimum atomic E-state index is -0.731. The molecule has 2 aliphatic heterocycles. The number of esters is 1. The molecule has 0 bridgehead atoms. The van der Waals surface area contributed by atoms with Crippen molar-refractivity contribution in [3.8, 4) is 11.5 Å². The Hall–Kier alpha value is -3.26. The Morgan fingerprint density at radius 3 is 2.61 bits per heavy atom. The van der Waals surface area contributed by atoms with E-state index >= 15 is 0 Å². The zero-order chi connectivity index (χ0) is 22.1. The summed E-state index contributed by atoms with van der Waals surface area (Å²) >= 11 is 0. The summed E-state index contributed by atoms with van der Waals surface area (Å²) in [6.07, 6.45) is 1.87. The molecular formula is C23H26N2O6. The molecule has 0 radical (unpaired) electrons. The molecular weight excluding hydrogens is 400 g/mol. The van der Waals surface area contributed by atoms with Gasteiger partial charge in [-0.15, -0.1) is 0 Å². The molecule has 3 heterocycles. The van der Waals surface area contributed by atoms with E-state index in [0.29, 0.717) is 35.8 Å². The van der Waals surface area contributed by atoms with Crippen LogP contribution in [-0.4, -0.2) is 37.5 Å². The van der Waals surface area contributed by atoms with Gasteiger partial charge < -0.3 is 29.2 Å². The van der Waals surface area contributed by atoms with Crippen molar-refractivity contribution in [2.45, 2.75) is 38.3 Å². The SMILES string of the molecule is COC(=O)C1=C(N)Oc2cc(C)n(CC3CCCO3)c(=O)c2C1c1ccc(OC)cc1. The van der Waals surface area contributed by atoms with Gasteiger partial charge in [-0.2, -0.15) is 0 Å². The van der Waals surface area contributed by atoms with Crippen molar-refractivity contribution in [2.24, 2.45) is 5.73 Å². The molecule has 0 saturated carbocycles. The molecule has 2 unspecified atom stereocenters. The van der Waals surface area contributed by atoms with Gasteiger partial charge in [0.2, 0.25) is 5.88 Å². The van der Waals surface area contributed by atoms with E-state index in [1.165, 1.54) is 7.11 Å².